The Morgan fingerprint density at radius 2 is 1.76 bits per heavy atom. The third kappa shape index (κ3) is 5.35. The monoisotopic (exact) mass is 515 g/mol. The number of anilines is 1. The van der Waals surface area contributed by atoms with E-state index in [0.29, 0.717) is 0 Å². The number of rotatable bonds is 4. The average molecular weight is 517 g/mol. The van der Waals surface area contributed by atoms with Crippen molar-refractivity contribution in [2.24, 2.45) is 10.9 Å². The molecule has 1 amide bonds. The lowest BCUT2D eigenvalue weighted by Crippen LogP contribution is -2.41. The number of pyridine rings is 2. The molecule has 0 spiro atoms. The summed E-state index contributed by atoms with van der Waals surface area (Å²) < 4.78 is 0. The number of carbonyl (C=O) groups excluding carboxylic acids is 1. The lowest BCUT2D eigenvalue weighted by atomic mass is 9.89. The Hall–Kier alpha value is -2.95. The normalized spacial score (nSPS) is 17.2. The average Bonchev–Trinajstić information content (AvgIpc) is 3.05. The van der Waals surface area contributed by atoms with Crippen molar-refractivity contribution in [1.29, 1.82) is 0 Å². The quantitative estimate of drug-likeness (QED) is 0.446. The minimum absolute atomic E-state index is 0.00118. The van der Waals surface area contributed by atoms with Crippen LogP contribution in [-0.2, 0) is 4.79 Å². The lowest BCUT2D eigenvalue weighted by Gasteiger charge is -2.21. The number of nitrogens with zero attached hydrogens (tertiary/aromatic N) is 3. The maximum atomic E-state index is 12.1. The van der Waals surface area contributed by atoms with Gasteiger partial charge in [-0.3, -0.25) is 9.78 Å². The summed E-state index contributed by atoms with van der Waals surface area (Å²) in [6, 6.07) is 1.52. The molecule has 0 saturated carbocycles. The Kier molecular flexibility index (Phi) is 7.89. The molecule has 1 aliphatic heterocycles. The van der Waals surface area contributed by atoms with Gasteiger partial charge in [0.05, 0.1) is 16.3 Å². The number of carboxylic acid groups (broad SMARTS) is 2. The molecule has 3 heterocycles. The van der Waals surface area contributed by atoms with Crippen LogP contribution in [0, 0.1) is 12.8 Å². The fourth-order valence-electron chi connectivity index (χ4n) is 2.64. The molecule has 0 aliphatic carbocycles. The maximum Gasteiger partial charge on any atom is 0.356 e. The second-order valence-electron chi connectivity index (χ2n) is 7.53. The molecule has 0 fully saturated rings. The van der Waals surface area contributed by atoms with Gasteiger partial charge in [0.15, 0.2) is 16.7 Å². The molecule has 1 unspecified atom stereocenters. The van der Waals surface area contributed by atoms with E-state index in [4.69, 9.17) is 45.6 Å². The largest absolute Gasteiger partial charge is 0.478 e. The van der Waals surface area contributed by atoms with Crippen LogP contribution in [0.2, 0.25) is 15.2 Å². The summed E-state index contributed by atoms with van der Waals surface area (Å²) in [4.78, 5) is 45.8. The van der Waals surface area contributed by atoms with Crippen molar-refractivity contribution in [1.82, 2.24) is 15.3 Å². The minimum atomic E-state index is -1.31. The van der Waals surface area contributed by atoms with Crippen LogP contribution >= 0.6 is 34.8 Å². The van der Waals surface area contributed by atoms with Crippen molar-refractivity contribution in [3.63, 3.8) is 0 Å². The number of nitrogens with two attached hydrogens (primary N) is 1. The molecule has 1 atom stereocenters. The number of aliphatic imine (C=N–C) groups is 1. The molecule has 3 rings (SSSR count). The Balaban J connectivity index is 0.000000257. The summed E-state index contributed by atoms with van der Waals surface area (Å²) >= 11 is 16.6. The van der Waals surface area contributed by atoms with Crippen molar-refractivity contribution in [3.8, 4) is 0 Å². The summed E-state index contributed by atoms with van der Waals surface area (Å²) in [5.74, 6) is -2.41. The van der Waals surface area contributed by atoms with Gasteiger partial charge in [0.25, 0.3) is 5.91 Å². The third-order valence-corrected chi connectivity index (χ3v) is 6.05. The van der Waals surface area contributed by atoms with Gasteiger partial charge in [0.1, 0.15) is 16.3 Å². The fourth-order valence-corrected chi connectivity index (χ4v) is 3.23. The van der Waals surface area contributed by atoms with Gasteiger partial charge >= 0.3 is 11.9 Å². The highest BCUT2D eigenvalue weighted by molar-refractivity contribution is 6.46. The molecule has 5 N–H and O–H groups in total. The Labute approximate surface area is 203 Å². The molecule has 1 aliphatic rings. The van der Waals surface area contributed by atoms with E-state index in [-0.39, 0.29) is 49.8 Å². The number of amides is 1. The van der Waals surface area contributed by atoms with Crippen LogP contribution in [0.1, 0.15) is 52.9 Å². The van der Waals surface area contributed by atoms with Gasteiger partial charge < -0.3 is 21.3 Å². The molecule has 10 nitrogen and oxygen atoms in total. The second kappa shape index (κ2) is 9.90. The highest BCUT2D eigenvalue weighted by Gasteiger charge is 2.43. The Morgan fingerprint density at radius 1 is 1.15 bits per heavy atom. The smallest absolute Gasteiger partial charge is 0.356 e. The van der Waals surface area contributed by atoms with Gasteiger partial charge in [-0.15, -0.1) is 0 Å². The summed E-state index contributed by atoms with van der Waals surface area (Å²) in [5.41, 5.74) is 4.96. The summed E-state index contributed by atoms with van der Waals surface area (Å²) in [7, 11) is 0. The van der Waals surface area contributed by atoms with Gasteiger partial charge in [0.2, 0.25) is 0 Å². The molecule has 176 valence electrons. The molecule has 33 heavy (non-hydrogen) atoms. The molecule has 2 aromatic rings. The maximum absolute atomic E-state index is 12.1. The van der Waals surface area contributed by atoms with Crippen LogP contribution in [0.25, 0.3) is 0 Å². The van der Waals surface area contributed by atoms with Crippen molar-refractivity contribution in [2.75, 3.05) is 5.73 Å². The number of aryl methyl sites for hydroxylation is 1. The summed E-state index contributed by atoms with van der Waals surface area (Å²) in [6.07, 6.45) is 1.56. The van der Waals surface area contributed by atoms with Gasteiger partial charge in [-0.25, -0.2) is 19.6 Å². The van der Waals surface area contributed by atoms with Crippen LogP contribution in [0.15, 0.2) is 17.3 Å². The minimum Gasteiger partial charge on any atom is -0.478 e. The topological polar surface area (TPSA) is 168 Å². The van der Waals surface area contributed by atoms with E-state index in [2.05, 4.69) is 20.3 Å². The number of carboxylic acids is 2. The van der Waals surface area contributed by atoms with E-state index in [9.17, 15) is 19.5 Å². The van der Waals surface area contributed by atoms with Crippen LogP contribution in [0.4, 0.5) is 5.69 Å². The summed E-state index contributed by atoms with van der Waals surface area (Å²) in [6.45, 7) is 7.28. The fraction of sp³-hybridized carbons (Fsp3) is 0.300. The third-order valence-electron chi connectivity index (χ3n) is 4.91. The van der Waals surface area contributed by atoms with Crippen LogP contribution in [0.3, 0.4) is 0 Å². The van der Waals surface area contributed by atoms with E-state index >= 15 is 0 Å². The zero-order valence-corrected chi connectivity index (χ0v) is 20.2. The molecule has 2 aromatic heterocycles. The van der Waals surface area contributed by atoms with Crippen molar-refractivity contribution in [3.05, 3.63) is 50.0 Å². The number of aromatic nitrogens is 2. The zero-order chi connectivity index (χ0) is 25.2. The number of aromatic carboxylic acids is 2. The number of amidine groups is 1. The van der Waals surface area contributed by atoms with Crippen molar-refractivity contribution in [2.45, 2.75) is 33.2 Å². The van der Waals surface area contributed by atoms with E-state index in [1.165, 1.54) is 6.07 Å². The van der Waals surface area contributed by atoms with E-state index in [1.807, 2.05) is 13.8 Å². The van der Waals surface area contributed by atoms with E-state index in [1.54, 1.807) is 20.0 Å². The number of hydrogen-bond donors (Lipinski definition) is 4. The van der Waals surface area contributed by atoms with E-state index in [0.717, 1.165) is 5.56 Å². The van der Waals surface area contributed by atoms with Gasteiger partial charge in [0, 0.05) is 6.20 Å². The molecular formula is C20H20Cl3N5O5. The van der Waals surface area contributed by atoms with Crippen LogP contribution in [0.5, 0.6) is 0 Å². The molecule has 13 heteroatoms. The number of halogens is 3. The number of carbonyl (C=O) groups is 3. The number of nitrogen functional groups attached to an aromatic ring is 1. The first-order chi connectivity index (χ1) is 15.2. The Bertz CT molecular complexity index is 1190. The van der Waals surface area contributed by atoms with Gasteiger partial charge in [-0.1, -0.05) is 48.7 Å². The SMILES string of the molecule is Cc1cnc(C2=NC(C)(C(C)C)C(=O)N2)c(C(=O)O)c1.Nc1c(Cl)c(Cl)nc(C(=O)O)c1Cl. The lowest BCUT2D eigenvalue weighted by molar-refractivity contribution is -0.124. The second-order valence-corrected chi connectivity index (χ2v) is 8.64. The Morgan fingerprint density at radius 3 is 2.24 bits per heavy atom. The first-order valence-electron chi connectivity index (χ1n) is 9.35. The highest BCUT2D eigenvalue weighted by atomic mass is 35.5. The van der Waals surface area contributed by atoms with Crippen molar-refractivity contribution >= 4 is 64.2 Å². The van der Waals surface area contributed by atoms with E-state index < -0.39 is 23.2 Å². The zero-order valence-electron chi connectivity index (χ0n) is 17.9. The van der Waals surface area contributed by atoms with Gasteiger partial charge in [-0.05, 0) is 31.4 Å². The van der Waals surface area contributed by atoms with Gasteiger partial charge in [-0.2, -0.15) is 0 Å². The highest BCUT2D eigenvalue weighted by Crippen LogP contribution is 2.34. The number of nitrogens with one attached hydrogen (secondary N) is 1. The van der Waals surface area contributed by atoms with Crippen molar-refractivity contribution < 1.29 is 24.6 Å². The molecule has 0 aromatic carbocycles. The first-order valence-corrected chi connectivity index (χ1v) is 10.5. The number of hydrogen-bond acceptors (Lipinski definition) is 7. The van der Waals surface area contributed by atoms with Crippen LogP contribution in [-0.4, -0.2) is 49.4 Å². The molecule has 0 radical (unpaired) electrons. The predicted octanol–water partition coefficient (Wildman–Crippen LogP) is 3.70. The first kappa shape index (κ1) is 26.3. The molecular weight excluding hydrogens is 497 g/mol. The van der Waals surface area contributed by atoms with Crippen LogP contribution < -0.4 is 11.1 Å². The predicted molar refractivity (Wildman–Crippen MR) is 124 cm³/mol. The standard InChI is InChI=1S/C14H17N3O3.C6H3Cl3N2O2/c1-7(2)14(4)13(20)16-11(17-14)10-9(12(18)19)5-8(3)6-15-10;7-1-3(10)2(8)5(9)11-4(1)6(12)13/h5-7H,1-4H3,(H,18,19)(H,16,17,20);(H2,10,11)(H,12,13). The molecule has 0 saturated heterocycles. The molecule has 0 bridgehead atoms. The summed E-state index contributed by atoms with van der Waals surface area (Å²) in [5, 5.41) is 20.1.